The van der Waals surface area contributed by atoms with E-state index in [0.29, 0.717) is 0 Å². The van der Waals surface area contributed by atoms with Crippen LogP contribution in [0.5, 0.6) is 0 Å². The van der Waals surface area contributed by atoms with Crippen molar-refractivity contribution >= 4 is 5.91 Å². The molecule has 0 saturated heterocycles. The van der Waals surface area contributed by atoms with Crippen LogP contribution in [0.15, 0.2) is 0 Å². The molecule has 15 heavy (non-hydrogen) atoms. The van der Waals surface area contributed by atoms with Gasteiger partial charge >= 0.3 is 0 Å². The number of nitrogens with two attached hydrogens (primary N) is 1. The Kier molecular flexibility index (Phi) is 4.14. The first-order valence-corrected chi connectivity index (χ1v) is 6.11. The molecule has 3 nitrogen and oxygen atoms in total. The second-order valence-electron chi connectivity index (χ2n) is 4.96. The van der Waals surface area contributed by atoms with E-state index < -0.39 is 5.54 Å². The average molecular weight is 212 g/mol. The van der Waals surface area contributed by atoms with Gasteiger partial charge in [0.05, 0.1) is 5.54 Å². The summed E-state index contributed by atoms with van der Waals surface area (Å²) in [6.45, 7) is 7.17. The molecule has 3 heteroatoms. The maximum Gasteiger partial charge on any atom is 0.242 e. The summed E-state index contributed by atoms with van der Waals surface area (Å²) in [6.07, 6.45) is 5.20. The Bertz CT molecular complexity index is 222. The molecule has 1 aliphatic carbocycles. The summed E-state index contributed by atoms with van der Waals surface area (Å²) in [4.78, 5) is 14.0. The first-order chi connectivity index (χ1) is 7.01. The summed E-state index contributed by atoms with van der Waals surface area (Å²) < 4.78 is 0. The zero-order valence-corrected chi connectivity index (χ0v) is 10.3. The Morgan fingerprint density at radius 2 is 2.00 bits per heavy atom. The third-order valence-corrected chi connectivity index (χ3v) is 3.10. The van der Waals surface area contributed by atoms with Gasteiger partial charge in [0, 0.05) is 12.6 Å². The minimum Gasteiger partial charge on any atom is -0.339 e. The van der Waals surface area contributed by atoms with E-state index in [1.54, 1.807) is 0 Å². The van der Waals surface area contributed by atoms with Crippen molar-refractivity contribution in [2.24, 2.45) is 5.73 Å². The first kappa shape index (κ1) is 12.5. The van der Waals surface area contributed by atoms with Crippen molar-refractivity contribution in [2.45, 2.75) is 64.5 Å². The number of carbonyl (C=O) groups is 1. The minimum absolute atomic E-state index is 0.161. The van der Waals surface area contributed by atoms with Gasteiger partial charge in [-0.05, 0) is 33.1 Å². The molecule has 0 aromatic carbocycles. The van der Waals surface area contributed by atoms with Gasteiger partial charge in [0.15, 0.2) is 0 Å². The highest BCUT2D eigenvalue weighted by Crippen LogP contribution is 2.34. The van der Waals surface area contributed by atoms with E-state index in [2.05, 4.69) is 20.8 Å². The van der Waals surface area contributed by atoms with Crippen molar-refractivity contribution in [3.8, 4) is 0 Å². The zero-order chi connectivity index (χ0) is 11.5. The second-order valence-corrected chi connectivity index (χ2v) is 4.96. The first-order valence-electron chi connectivity index (χ1n) is 6.11. The number of amides is 1. The smallest absolute Gasteiger partial charge is 0.242 e. The number of unbranched alkanes of at least 4 members (excludes halogenated alkanes) is 2. The van der Waals surface area contributed by atoms with Crippen molar-refractivity contribution in [3.05, 3.63) is 0 Å². The molecule has 1 aliphatic rings. The van der Waals surface area contributed by atoms with Crippen LogP contribution in [0.2, 0.25) is 0 Å². The number of hydrogen-bond donors (Lipinski definition) is 1. The SMILES string of the molecule is CCCCCN(C(=O)C1(N)CC1)C(C)C. The summed E-state index contributed by atoms with van der Waals surface area (Å²) in [5.74, 6) is 0.161. The summed E-state index contributed by atoms with van der Waals surface area (Å²) >= 11 is 0. The lowest BCUT2D eigenvalue weighted by molar-refractivity contribution is -0.135. The lowest BCUT2D eigenvalue weighted by Crippen LogP contribution is -2.49. The van der Waals surface area contributed by atoms with Crippen LogP contribution < -0.4 is 5.73 Å². The predicted octanol–water partition coefficient (Wildman–Crippen LogP) is 1.90. The zero-order valence-electron chi connectivity index (χ0n) is 10.3. The normalized spacial score (nSPS) is 17.9. The van der Waals surface area contributed by atoms with Gasteiger partial charge in [-0.15, -0.1) is 0 Å². The van der Waals surface area contributed by atoms with Crippen molar-refractivity contribution in [2.75, 3.05) is 6.54 Å². The van der Waals surface area contributed by atoms with Gasteiger partial charge in [0.2, 0.25) is 5.91 Å². The van der Waals surface area contributed by atoms with E-state index in [0.717, 1.165) is 25.8 Å². The van der Waals surface area contributed by atoms with Gasteiger partial charge in [-0.3, -0.25) is 4.79 Å². The maximum atomic E-state index is 12.1. The largest absolute Gasteiger partial charge is 0.339 e. The Labute approximate surface area is 93.0 Å². The molecule has 1 fully saturated rings. The van der Waals surface area contributed by atoms with E-state index in [9.17, 15) is 4.79 Å². The molecule has 2 N–H and O–H groups in total. The number of rotatable bonds is 6. The molecule has 0 aliphatic heterocycles. The topological polar surface area (TPSA) is 46.3 Å². The summed E-state index contributed by atoms with van der Waals surface area (Å²) in [6, 6.07) is 0.274. The fraction of sp³-hybridized carbons (Fsp3) is 0.917. The fourth-order valence-corrected chi connectivity index (χ4v) is 1.76. The van der Waals surface area contributed by atoms with E-state index in [1.165, 1.54) is 12.8 Å². The molecule has 0 radical (unpaired) electrons. The van der Waals surface area contributed by atoms with Gasteiger partial charge in [-0.2, -0.15) is 0 Å². The Morgan fingerprint density at radius 1 is 1.40 bits per heavy atom. The Balaban J connectivity index is 2.46. The summed E-state index contributed by atoms with van der Waals surface area (Å²) in [7, 11) is 0. The third kappa shape index (κ3) is 3.20. The minimum atomic E-state index is -0.503. The van der Waals surface area contributed by atoms with E-state index in [1.807, 2.05) is 4.90 Å². The van der Waals surface area contributed by atoms with Crippen LogP contribution >= 0.6 is 0 Å². The lowest BCUT2D eigenvalue weighted by atomic mass is 10.1. The second kappa shape index (κ2) is 4.97. The van der Waals surface area contributed by atoms with Crippen molar-refractivity contribution in [1.82, 2.24) is 4.90 Å². The standard InChI is InChI=1S/C12H24N2O/c1-4-5-6-9-14(10(2)3)11(15)12(13)7-8-12/h10H,4-9,13H2,1-3H3. The van der Waals surface area contributed by atoms with Gasteiger partial charge in [-0.1, -0.05) is 19.8 Å². The number of hydrogen-bond acceptors (Lipinski definition) is 2. The van der Waals surface area contributed by atoms with Crippen LogP contribution in [0.4, 0.5) is 0 Å². The van der Waals surface area contributed by atoms with Gasteiger partial charge < -0.3 is 10.6 Å². The van der Waals surface area contributed by atoms with Crippen LogP contribution in [-0.2, 0) is 4.79 Å². The van der Waals surface area contributed by atoms with Crippen LogP contribution in [0.3, 0.4) is 0 Å². The predicted molar refractivity (Wildman–Crippen MR) is 62.5 cm³/mol. The fourth-order valence-electron chi connectivity index (χ4n) is 1.76. The van der Waals surface area contributed by atoms with Crippen molar-refractivity contribution in [3.63, 3.8) is 0 Å². The molecule has 0 aromatic rings. The van der Waals surface area contributed by atoms with Crippen LogP contribution in [0.1, 0.15) is 52.9 Å². The monoisotopic (exact) mass is 212 g/mol. The van der Waals surface area contributed by atoms with Crippen molar-refractivity contribution < 1.29 is 4.79 Å². The maximum absolute atomic E-state index is 12.1. The summed E-state index contributed by atoms with van der Waals surface area (Å²) in [5.41, 5.74) is 5.44. The van der Waals surface area contributed by atoms with E-state index in [-0.39, 0.29) is 11.9 Å². The molecule has 88 valence electrons. The van der Waals surface area contributed by atoms with E-state index in [4.69, 9.17) is 5.73 Å². The van der Waals surface area contributed by atoms with Gasteiger partial charge in [0.1, 0.15) is 0 Å². The highest BCUT2D eigenvalue weighted by molar-refractivity contribution is 5.89. The molecular weight excluding hydrogens is 188 g/mol. The number of nitrogens with zero attached hydrogens (tertiary/aromatic N) is 1. The Morgan fingerprint density at radius 3 is 2.40 bits per heavy atom. The van der Waals surface area contributed by atoms with Gasteiger partial charge in [0.25, 0.3) is 0 Å². The van der Waals surface area contributed by atoms with Crippen LogP contribution in [-0.4, -0.2) is 28.9 Å². The molecule has 0 bridgehead atoms. The molecule has 0 heterocycles. The van der Waals surface area contributed by atoms with Gasteiger partial charge in [-0.25, -0.2) is 0 Å². The molecule has 0 atom stereocenters. The Hall–Kier alpha value is -0.570. The molecule has 1 amide bonds. The van der Waals surface area contributed by atoms with E-state index >= 15 is 0 Å². The molecular formula is C12H24N2O. The number of carbonyl (C=O) groups excluding carboxylic acids is 1. The molecule has 0 unspecified atom stereocenters. The van der Waals surface area contributed by atoms with Crippen LogP contribution in [0.25, 0.3) is 0 Å². The van der Waals surface area contributed by atoms with Crippen molar-refractivity contribution in [1.29, 1.82) is 0 Å². The average Bonchev–Trinajstić information content (AvgIpc) is 2.91. The third-order valence-electron chi connectivity index (χ3n) is 3.10. The van der Waals surface area contributed by atoms with Crippen LogP contribution in [0, 0.1) is 0 Å². The molecule has 1 rings (SSSR count). The molecule has 1 saturated carbocycles. The highest BCUT2D eigenvalue weighted by atomic mass is 16.2. The lowest BCUT2D eigenvalue weighted by Gasteiger charge is -2.29. The quantitative estimate of drug-likeness (QED) is 0.684. The summed E-state index contributed by atoms with van der Waals surface area (Å²) in [5, 5.41) is 0. The highest BCUT2D eigenvalue weighted by Gasteiger charge is 2.48. The molecule has 0 spiro atoms. The molecule has 0 aromatic heterocycles.